The van der Waals surface area contributed by atoms with Gasteiger partial charge < -0.3 is 10.4 Å². The maximum atomic E-state index is 9.34. The van der Waals surface area contributed by atoms with Crippen LogP contribution in [0.2, 0.25) is 0 Å². The van der Waals surface area contributed by atoms with Crippen LogP contribution in [0.3, 0.4) is 0 Å². The van der Waals surface area contributed by atoms with E-state index in [1.165, 1.54) is 38.5 Å². The minimum absolute atomic E-state index is 0.118. The topological polar surface area (TPSA) is 56.1 Å². The van der Waals surface area contributed by atoms with Crippen molar-refractivity contribution < 1.29 is 5.11 Å². The number of aromatic hydroxyl groups is 1. The molecule has 0 aromatic heterocycles. The number of amidine groups is 1. The molecule has 0 radical (unpaired) electrons. The highest BCUT2D eigenvalue weighted by Gasteiger charge is 2.53. The summed E-state index contributed by atoms with van der Waals surface area (Å²) in [7, 11) is 0. The van der Waals surface area contributed by atoms with Crippen molar-refractivity contribution in [3.05, 3.63) is 24.3 Å². The first-order valence-electron chi connectivity index (χ1n) is 7.78. The standard InChI is InChI=1S/C17H22N2O/c18-16(19-14-1-3-15(20)4-2-14)17-8-11-5-12(9-17)7-13(6-11)10-17/h1-4,11-13,20H,5-10H2,(H2,18,19). The molecule has 0 unspecified atom stereocenters. The lowest BCUT2D eigenvalue weighted by atomic mass is 9.49. The van der Waals surface area contributed by atoms with Gasteiger partial charge in [0.1, 0.15) is 11.6 Å². The first-order valence-corrected chi connectivity index (χ1v) is 7.78. The number of phenolic OH excluding ortho intramolecular Hbond substituents is 1. The Balaban J connectivity index is 1.54. The molecule has 4 saturated carbocycles. The molecule has 0 spiro atoms. The normalized spacial score (nSPS) is 37.9. The van der Waals surface area contributed by atoms with Gasteiger partial charge in [0.15, 0.2) is 0 Å². The second-order valence-corrected chi connectivity index (χ2v) is 7.24. The summed E-state index contributed by atoms with van der Waals surface area (Å²) in [5, 5.41) is 21.2. The van der Waals surface area contributed by atoms with Gasteiger partial charge in [-0.1, -0.05) is 0 Å². The molecule has 1 aromatic carbocycles. The molecule has 4 aliphatic rings. The third-order valence-corrected chi connectivity index (χ3v) is 5.71. The van der Waals surface area contributed by atoms with Crippen molar-refractivity contribution in [2.45, 2.75) is 38.5 Å². The van der Waals surface area contributed by atoms with E-state index in [9.17, 15) is 5.11 Å². The molecule has 0 amide bonds. The monoisotopic (exact) mass is 270 g/mol. The van der Waals surface area contributed by atoms with E-state index in [0.717, 1.165) is 23.4 Å². The van der Waals surface area contributed by atoms with Crippen molar-refractivity contribution in [3.63, 3.8) is 0 Å². The fourth-order valence-electron chi connectivity index (χ4n) is 5.24. The minimum atomic E-state index is 0.118. The number of rotatable bonds is 2. The van der Waals surface area contributed by atoms with Crippen molar-refractivity contribution in [2.24, 2.45) is 23.2 Å². The number of hydrogen-bond donors (Lipinski definition) is 3. The van der Waals surface area contributed by atoms with Crippen LogP contribution in [0.25, 0.3) is 0 Å². The second-order valence-electron chi connectivity index (χ2n) is 7.24. The van der Waals surface area contributed by atoms with Gasteiger partial charge in [-0.3, -0.25) is 5.41 Å². The molecule has 3 N–H and O–H groups in total. The Kier molecular flexibility index (Phi) is 2.60. The fourth-order valence-corrected chi connectivity index (χ4v) is 5.24. The van der Waals surface area contributed by atoms with E-state index in [1.807, 2.05) is 12.1 Å². The number of nitrogens with one attached hydrogen (secondary N) is 2. The SMILES string of the molecule is N=C(Nc1ccc(O)cc1)C12CC3CC(CC(C3)C1)C2. The van der Waals surface area contributed by atoms with Crippen molar-refractivity contribution in [3.8, 4) is 5.75 Å². The van der Waals surface area contributed by atoms with Gasteiger partial charge in [0.2, 0.25) is 0 Å². The van der Waals surface area contributed by atoms with E-state index < -0.39 is 0 Å². The average molecular weight is 270 g/mol. The summed E-state index contributed by atoms with van der Waals surface area (Å²) in [6.07, 6.45) is 7.86. The zero-order valence-corrected chi connectivity index (χ0v) is 11.7. The predicted molar refractivity (Wildman–Crippen MR) is 80.1 cm³/mol. The first-order chi connectivity index (χ1) is 9.63. The van der Waals surface area contributed by atoms with Gasteiger partial charge in [0.05, 0.1) is 0 Å². The van der Waals surface area contributed by atoms with E-state index >= 15 is 0 Å². The van der Waals surface area contributed by atoms with Crippen molar-refractivity contribution >= 4 is 11.5 Å². The summed E-state index contributed by atoms with van der Waals surface area (Å²) in [6, 6.07) is 7.05. The third kappa shape index (κ3) is 1.91. The van der Waals surface area contributed by atoms with Crippen LogP contribution in [0, 0.1) is 28.6 Å². The van der Waals surface area contributed by atoms with Gasteiger partial charge in [0.25, 0.3) is 0 Å². The number of anilines is 1. The summed E-state index contributed by atoms with van der Waals surface area (Å²) in [4.78, 5) is 0. The molecule has 0 heterocycles. The van der Waals surface area contributed by atoms with Gasteiger partial charge in [-0.25, -0.2) is 0 Å². The van der Waals surface area contributed by atoms with Gasteiger partial charge in [-0.15, -0.1) is 0 Å². The molecule has 1 aromatic rings. The van der Waals surface area contributed by atoms with Crippen LogP contribution < -0.4 is 5.32 Å². The molecule has 20 heavy (non-hydrogen) atoms. The summed E-state index contributed by atoms with van der Waals surface area (Å²) >= 11 is 0. The fraction of sp³-hybridized carbons (Fsp3) is 0.588. The molecule has 4 fully saturated rings. The highest BCUT2D eigenvalue weighted by molar-refractivity contribution is 5.97. The molecular weight excluding hydrogens is 248 g/mol. The number of hydrogen-bond acceptors (Lipinski definition) is 2. The summed E-state index contributed by atoms with van der Waals surface area (Å²) in [5.74, 6) is 3.58. The lowest BCUT2D eigenvalue weighted by Crippen LogP contribution is -2.51. The van der Waals surface area contributed by atoms with E-state index in [4.69, 9.17) is 5.41 Å². The zero-order chi connectivity index (χ0) is 13.7. The van der Waals surface area contributed by atoms with Crippen molar-refractivity contribution in [2.75, 3.05) is 5.32 Å². The summed E-state index contributed by atoms with van der Waals surface area (Å²) < 4.78 is 0. The highest BCUT2D eigenvalue weighted by atomic mass is 16.3. The van der Waals surface area contributed by atoms with Gasteiger partial charge in [-0.2, -0.15) is 0 Å². The molecule has 106 valence electrons. The summed E-state index contributed by atoms with van der Waals surface area (Å²) in [6.45, 7) is 0. The molecule has 0 aliphatic heterocycles. The molecule has 3 nitrogen and oxygen atoms in total. The van der Waals surface area contributed by atoms with E-state index in [-0.39, 0.29) is 11.2 Å². The quantitative estimate of drug-likeness (QED) is 0.432. The number of benzene rings is 1. The Morgan fingerprint density at radius 3 is 2.00 bits per heavy atom. The van der Waals surface area contributed by atoms with Crippen LogP contribution in [0.5, 0.6) is 5.75 Å². The second kappa shape index (κ2) is 4.24. The third-order valence-electron chi connectivity index (χ3n) is 5.71. The van der Waals surface area contributed by atoms with Gasteiger partial charge in [-0.05, 0) is 80.5 Å². The Morgan fingerprint density at radius 2 is 1.50 bits per heavy atom. The maximum absolute atomic E-state index is 9.34. The van der Waals surface area contributed by atoms with E-state index in [0.29, 0.717) is 5.84 Å². The lowest BCUT2D eigenvalue weighted by Gasteiger charge is -2.56. The molecule has 0 saturated heterocycles. The van der Waals surface area contributed by atoms with E-state index in [1.54, 1.807) is 12.1 Å². The van der Waals surface area contributed by atoms with Gasteiger partial charge in [0, 0.05) is 11.1 Å². The minimum Gasteiger partial charge on any atom is -0.508 e. The highest BCUT2D eigenvalue weighted by Crippen LogP contribution is 2.60. The number of phenols is 1. The molecule has 0 atom stereocenters. The zero-order valence-electron chi connectivity index (χ0n) is 11.7. The van der Waals surface area contributed by atoms with Gasteiger partial charge >= 0.3 is 0 Å². The first kappa shape index (κ1) is 12.2. The van der Waals surface area contributed by atoms with Crippen LogP contribution in [-0.4, -0.2) is 10.9 Å². The van der Waals surface area contributed by atoms with Crippen LogP contribution in [-0.2, 0) is 0 Å². The van der Waals surface area contributed by atoms with Crippen LogP contribution in [0.15, 0.2) is 24.3 Å². The van der Waals surface area contributed by atoms with Crippen molar-refractivity contribution in [1.82, 2.24) is 0 Å². The average Bonchev–Trinajstić information content (AvgIpc) is 2.40. The smallest absolute Gasteiger partial charge is 0.115 e. The Labute approximate surface area is 119 Å². The van der Waals surface area contributed by atoms with Crippen LogP contribution in [0.1, 0.15) is 38.5 Å². The van der Waals surface area contributed by atoms with Crippen LogP contribution >= 0.6 is 0 Å². The predicted octanol–water partition coefficient (Wildman–Crippen LogP) is 4.00. The largest absolute Gasteiger partial charge is 0.508 e. The summed E-state index contributed by atoms with van der Waals surface area (Å²) in [5.41, 5.74) is 1.04. The van der Waals surface area contributed by atoms with Crippen LogP contribution in [0.4, 0.5) is 5.69 Å². The van der Waals surface area contributed by atoms with E-state index in [2.05, 4.69) is 5.32 Å². The Bertz CT molecular complexity index is 499. The molecule has 4 aliphatic carbocycles. The Hall–Kier alpha value is -1.51. The molecule has 4 bridgehead atoms. The lowest BCUT2D eigenvalue weighted by molar-refractivity contribution is -0.0127. The molecule has 3 heteroatoms. The van der Waals surface area contributed by atoms with Crippen molar-refractivity contribution in [1.29, 1.82) is 5.41 Å². The molecule has 5 rings (SSSR count). The Morgan fingerprint density at radius 1 is 1.00 bits per heavy atom. The molecular formula is C17H22N2O. The maximum Gasteiger partial charge on any atom is 0.115 e.